The first-order valence-corrected chi connectivity index (χ1v) is 7.00. The molecule has 2 aliphatic heterocycles. The van der Waals surface area contributed by atoms with Gasteiger partial charge in [-0.25, -0.2) is 0 Å². The molecule has 0 aromatic heterocycles. The molecule has 0 saturated carbocycles. The molecule has 2 aliphatic rings. The number of ether oxygens (including phenoxy) is 1. The molecule has 3 nitrogen and oxygen atoms in total. The summed E-state index contributed by atoms with van der Waals surface area (Å²) in [7, 11) is 0. The molecule has 1 N–H and O–H groups in total. The molecule has 2 rings (SSSR count). The van der Waals surface area contributed by atoms with E-state index in [4.69, 9.17) is 4.74 Å². The third kappa shape index (κ3) is 4.40. The Hall–Kier alpha value is -0.120. The maximum atomic E-state index is 5.84. The van der Waals surface area contributed by atoms with Crippen LogP contribution in [0.5, 0.6) is 0 Å². The highest BCUT2D eigenvalue weighted by Crippen LogP contribution is 2.10. The van der Waals surface area contributed by atoms with Gasteiger partial charge >= 0.3 is 0 Å². The molecule has 0 amide bonds. The van der Waals surface area contributed by atoms with E-state index >= 15 is 0 Å². The summed E-state index contributed by atoms with van der Waals surface area (Å²) in [6, 6.07) is 0. The lowest BCUT2D eigenvalue weighted by atomic mass is 10.2. The summed E-state index contributed by atoms with van der Waals surface area (Å²) in [6.07, 6.45) is 8.55. The van der Waals surface area contributed by atoms with Crippen molar-refractivity contribution in [2.24, 2.45) is 0 Å². The predicted molar refractivity (Wildman–Crippen MR) is 66.8 cm³/mol. The van der Waals surface area contributed by atoms with Crippen molar-refractivity contribution in [2.45, 2.75) is 44.6 Å². The molecule has 94 valence electrons. The Morgan fingerprint density at radius 2 is 1.94 bits per heavy atom. The monoisotopic (exact) mass is 226 g/mol. The van der Waals surface area contributed by atoms with Gasteiger partial charge in [-0.15, -0.1) is 0 Å². The van der Waals surface area contributed by atoms with Crippen molar-refractivity contribution in [3.63, 3.8) is 0 Å². The van der Waals surface area contributed by atoms with Gasteiger partial charge in [-0.1, -0.05) is 12.8 Å². The Kier molecular flexibility index (Phi) is 5.59. The SMILES string of the molecule is C1CCCN(CCCOC2CCNC2)CC1. The van der Waals surface area contributed by atoms with E-state index in [2.05, 4.69) is 10.2 Å². The minimum absolute atomic E-state index is 0.490. The fourth-order valence-corrected chi connectivity index (χ4v) is 2.67. The van der Waals surface area contributed by atoms with Crippen molar-refractivity contribution in [1.29, 1.82) is 0 Å². The Labute approximate surface area is 99.5 Å². The van der Waals surface area contributed by atoms with Crippen molar-refractivity contribution in [3.05, 3.63) is 0 Å². The quantitative estimate of drug-likeness (QED) is 0.721. The van der Waals surface area contributed by atoms with Crippen molar-refractivity contribution in [1.82, 2.24) is 10.2 Å². The lowest BCUT2D eigenvalue weighted by molar-refractivity contribution is 0.0599. The van der Waals surface area contributed by atoms with Gasteiger partial charge in [-0.05, 0) is 45.3 Å². The van der Waals surface area contributed by atoms with Gasteiger partial charge in [0.2, 0.25) is 0 Å². The van der Waals surface area contributed by atoms with Crippen LogP contribution in [-0.4, -0.2) is 50.3 Å². The van der Waals surface area contributed by atoms with Crippen LogP contribution in [-0.2, 0) is 4.74 Å². The summed E-state index contributed by atoms with van der Waals surface area (Å²) in [5, 5.41) is 3.34. The maximum Gasteiger partial charge on any atom is 0.0711 e. The second-order valence-corrected chi connectivity index (χ2v) is 5.10. The van der Waals surface area contributed by atoms with E-state index in [-0.39, 0.29) is 0 Å². The summed E-state index contributed by atoms with van der Waals surface area (Å²) in [5.41, 5.74) is 0. The van der Waals surface area contributed by atoms with Gasteiger partial charge in [0.15, 0.2) is 0 Å². The van der Waals surface area contributed by atoms with Gasteiger partial charge in [0.25, 0.3) is 0 Å². The van der Waals surface area contributed by atoms with Crippen LogP contribution in [0.15, 0.2) is 0 Å². The molecule has 0 spiro atoms. The molecular weight excluding hydrogens is 200 g/mol. The molecule has 2 heterocycles. The second-order valence-electron chi connectivity index (χ2n) is 5.10. The first kappa shape index (κ1) is 12.3. The fraction of sp³-hybridized carbons (Fsp3) is 1.00. The Balaban J connectivity index is 1.49. The van der Waals surface area contributed by atoms with Crippen LogP contribution in [0.2, 0.25) is 0 Å². The summed E-state index contributed by atoms with van der Waals surface area (Å²) >= 11 is 0. The third-order valence-electron chi connectivity index (χ3n) is 3.69. The van der Waals surface area contributed by atoms with Gasteiger partial charge in [0, 0.05) is 19.7 Å². The van der Waals surface area contributed by atoms with Crippen molar-refractivity contribution < 1.29 is 4.74 Å². The molecule has 2 fully saturated rings. The number of hydrogen-bond acceptors (Lipinski definition) is 3. The average molecular weight is 226 g/mol. The van der Waals surface area contributed by atoms with Crippen LogP contribution < -0.4 is 5.32 Å². The molecule has 1 unspecified atom stereocenters. The van der Waals surface area contributed by atoms with E-state index in [0.717, 1.165) is 19.7 Å². The summed E-state index contributed by atoms with van der Waals surface area (Å²) in [4.78, 5) is 2.61. The molecule has 1 atom stereocenters. The van der Waals surface area contributed by atoms with Crippen LogP contribution in [0.1, 0.15) is 38.5 Å². The molecule has 0 aromatic rings. The minimum atomic E-state index is 0.490. The number of likely N-dealkylation sites (tertiary alicyclic amines) is 1. The molecule has 0 aromatic carbocycles. The zero-order chi connectivity index (χ0) is 11.1. The van der Waals surface area contributed by atoms with Gasteiger partial charge in [-0.3, -0.25) is 0 Å². The largest absolute Gasteiger partial charge is 0.377 e. The van der Waals surface area contributed by atoms with E-state index in [0.29, 0.717) is 6.10 Å². The summed E-state index contributed by atoms with van der Waals surface area (Å²) in [5.74, 6) is 0. The lowest BCUT2D eigenvalue weighted by Gasteiger charge is -2.20. The number of nitrogens with one attached hydrogen (secondary N) is 1. The van der Waals surface area contributed by atoms with Gasteiger partial charge < -0.3 is 15.0 Å². The van der Waals surface area contributed by atoms with Crippen LogP contribution in [0.4, 0.5) is 0 Å². The smallest absolute Gasteiger partial charge is 0.0711 e. The van der Waals surface area contributed by atoms with E-state index in [1.165, 1.54) is 58.2 Å². The average Bonchev–Trinajstić information content (AvgIpc) is 2.68. The molecule has 3 heteroatoms. The van der Waals surface area contributed by atoms with Crippen LogP contribution in [0.3, 0.4) is 0 Å². The standard InChI is InChI=1S/C13H26N2O/c1-2-4-9-15(8-3-1)10-5-11-16-13-6-7-14-12-13/h13-14H,1-12H2. The minimum Gasteiger partial charge on any atom is -0.377 e. The molecule has 0 bridgehead atoms. The summed E-state index contributed by atoms with van der Waals surface area (Å²) in [6.45, 7) is 7.00. The first-order valence-electron chi connectivity index (χ1n) is 7.00. The predicted octanol–water partition coefficient (Wildman–Crippen LogP) is 1.63. The Bertz CT molecular complexity index is 173. The van der Waals surface area contributed by atoms with Crippen molar-refractivity contribution in [2.75, 3.05) is 39.3 Å². The van der Waals surface area contributed by atoms with E-state index in [1.54, 1.807) is 0 Å². The van der Waals surface area contributed by atoms with Gasteiger partial charge in [-0.2, -0.15) is 0 Å². The highest BCUT2D eigenvalue weighted by molar-refractivity contribution is 4.71. The maximum absolute atomic E-state index is 5.84. The zero-order valence-electron chi connectivity index (χ0n) is 10.4. The highest BCUT2D eigenvalue weighted by atomic mass is 16.5. The van der Waals surface area contributed by atoms with Gasteiger partial charge in [0.05, 0.1) is 6.10 Å². The molecule has 2 saturated heterocycles. The van der Waals surface area contributed by atoms with E-state index in [1.807, 2.05) is 0 Å². The van der Waals surface area contributed by atoms with E-state index in [9.17, 15) is 0 Å². The van der Waals surface area contributed by atoms with Crippen LogP contribution in [0.25, 0.3) is 0 Å². The Morgan fingerprint density at radius 1 is 1.12 bits per heavy atom. The van der Waals surface area contributed by atoms with Crippen molar-refractivity contribution >= 4 is 0 Å². The fourth-order valence-electron chi connectivity index (χ4n) is 2.67. The highest BCUT2D eigenvalue weighted by Gasteiger charge is 2.14. The molecule has 0 radical (unpaired) electrons. The number of nitrogens with zero attached hydrogens (tertiary/aromatic N) is 1. The third-order valence-corrected chi connectivity index (χ3v) is 3.69. The first-order chi connectivity index (χ1) is 7.95. The van der Waals surface area contributed by atoms with Crippen LogP contribution in [0, 0.1) is 0 Å². The molecule has 0 aliphatic carbocycles. The van der Waals surface area contributed by atoms with E-state index < -0.39 is 0 Å². The topological polar surface area (TPSA) is 24.5 Å². The van der Waals surface area contributed by atoms with Crippen LogP contribution >= 0.6 is 0 Å². The van der Waals surface area contributed by atoms with Crippen molar-refractivity contribution in [3.8, 4) is 0 Å². The normalized spacial score (nSPS) is 28.1. The lowest BCUT2D eigenvalue weighted by Crippen LogP contribution is -2.27. The zero-order valence-corrected chi connectivity index (χ0v) is 10.4. The Morgan fingerprint density at radius 3 is 2.62 bits per heavy atom. The second kappa shape index (κ2) is 7.25. The molecule has 16 heavy (non-hydrogen) atoms. The van der Waals surface area contributed by atoms with Gasteiger partial charge in [0.1, 0.15) is 0 Å². The number of rotatable bonds is 5. The molecular formula is C13H26N2O. The summed E-state index contributed by atoms with van der Waals surface area (Å²) < 4.78 is 5.84. The number of hydrogen-bond donors (Lipinski definition) is 1.